The van der Waals surface area contributed by atoms with Gasteiger partial charge in [0.05, 0.1) is 12.1 Å². The van der Waals surface area contributed by atoms with Crippen molar-refractivity contribution in [3.05, 3.63) is 35.4 Å². The van der Waals surface area contributed by atoms with Crippen molar-refractivity contribution in [2.45, 2.75) is 45.4 Å². The van der Waals surface area contributed by atoms with Crippen LogP contribution in [0.1, 0.15) is 37.8 Å². The number of nitrogens with zero attached hydrogens (tertiary/aromatic N) is 3. The Morgan fingerprint density at radius 3 is 2.46 bits per heavy atom. The molecule has 28 heavy (non-hydrogen) atoms. The third-order valence-corrected chi connectivity index (χ3v) is 5.72. The molecule has 1 unspecified atom stereocenters. The molecule has 1 aromatic carbocycles. The molecule has 2 heterocycles. The SMILES string of the molecule is CCNC(=NCc1ccc(CN2CCN(C)CC2)cc1)NCC1(C)CCCO1. The number of aliphatic imine (C=N–C) groups is 1. The van der Waals surface area contributed by atoms with Crippen molar-refractivity contribution < 1.29 is 4.74 Å². The van der Waals surface area contributed by atoms with Crippen LogP contribution in [-0.2, 0) is 17.8 Å². The lowest BCUT2D eigenvalue weighted by atomic mass is 10.0. The van der Waals surface area contributed by atoms with Crippen molar-refractivity contribution in [2.75, 3.05) is 52.9 Å². The van der Waals surface area contributed by atoms with Crippen LogP contribution in [0.2, 0.25) is 0 Å². The fourth-order valence-corrected chi connectivity index (χ4v) is 3.77. The Balaban J connectivity index is 1.49. The summed E-state index contributed by atoms with van der Waals surface area (Å²) in [6.45, 7) is 13.2. The van der Waals surface area contributed by atoms with Crippen molar-refractivity contribution in [1.82, 2.24) is 20.4 Å². The second-order valence-corrected chi connectivity index (χ2v) is 8.35. The van der Waals surface area contributed by atoms with Gasteiger partial charge in [0.2, 0.25) is 0 Å². The summed E-state index contributed by atoms with van der Waals surface area (Å²) in [5.41, 5.74) is 2.55. The monoisotopic (exact) mass is 387 g/mol. The molecule has 2 fully saturated rings. The highest BCUT2D eigenvalue weighted by Gasteiger charge is 2.29. The van der Waals surface area contributed by atoms with E-state index in [0.29, 0.717) is 6.54 Å². The van der Waals surface area contributed by atoms with E-state index in [1.54, 1.807) is 0 Å². The molecule has 2 aliphatic heterocycles. The molecule has 0 bridgehead atoms. The van der Waals surface area contributed by atoms with Gasteiger partial charge in [-0.1, -0.05) is 24.3 Å². The molecule has 6 nitrogen and oxygen atoms in total. The zero-order valence-electron chi connectivity index (χ0n) is 17.8. The Kier molecular flexibility index (Phi) is 7.71. The van der Waals surface area contributed by atoms with Crippen LogP contribution in [0.15, 0.2) is 29.3 Å². The molecule has 2 aliphatic rings. The minimum atomic E-state index is -0.0684. The van der Waals surface area contributed by atoms with Gasteiger partial charge in [-0.15, -0.1) is 0 Å². The van der Waals surface area contributed by atoms with Gasteiger partial charge in [-0.05, 0) is 44.9 Å². The lowest BCUT2D eigenvalue weighted by molar-refractivity contribution is 0.0243. The van der Waals surface area contributed by atoms with E-state index < -0.39 is 0 Å². The van der Waals surface area contributed by atoms with Gasteiger partial charge in [-0.2, -0.15) is 0 Å². The summed E-state index contributed by atoms with van der Waals surface area (Å²) in [5, 5.41) is 6.78. The van der Waals surface area contributed by atoms with Crippen molar-refractivity contribution in [3.8, 4) is 0 Å². The number of piperazine rings is 1. The molecule has 0 spiro atoms. The number of likely N-dealkylation sites (N-methyl/N-ethyl adjacent to an activating group) is 1. The Hall–Kier alpha value is -1.63. The molecule has 0 amide bonds. The molecular formula is C22H37N5O. The molecule has 0 aliphatic carbocycles. The van der Waals surface area contributed by atoms with E-state index in [9.17, 15) is 0 Å². The zero-order valence-corrected chi connectivity index (χ0v) is 17.8. The third-order valence-electron chi connectivity index (χ3n) is 5.72. The number of rotatable bonds is 7. The molecule has 1 aromatic rings. The van der Waals surface area contributed by atoms with Crippen LogP contribution >= 0.6 is 0 Å². The second kappa shape index (κ2) is 10.2. The first-order chi connectivity index (χ1) is 13.6. The summed E-state index contributed by atoms with van der Waals surface area (Å²) < 4.78 is 5.86. The van der Waals surface area contributed by atoms with Crippen molar-refractivity contribution >= 4 is 5.96 Å². The number of guanidine groups is 1. The Morgan fingerprint density at radius 2 is 1.82 bits per heavy atom. The number of benzene rings is 1. The molecule has 3 rings (SSSR count). The van der Waals surface area contributed by atoms with Gasteiger partial charge in [0.15, 0.2) is 5.96 Å². The minimum Gasteiger partial charge on any atom is -0.373 e. The average molecular weight is 388 g/mol. The third kappa shape index (κ3) is 6.47. The predicted molar refractivity (Wildman–Crippen MR) is 116 cm³/mol. The first-order valence-electron chi connectivity index (χ1n) is 10.7. The van der Waals surface area contributed by atoms with Crippen LogP contribution < -0.4 is 10.6 Å². The number of hydrogen-bond acceptors (Lipinski definition) is 4. The van der Waals surface area contributed by atoms with Gasteiger partial charge in [0.1, 0.15) is 0 Å². The number of ether oxygens (including phenoxy) is 1. The molecule has 2 N–H and O–H groups in total. The summed E-state index contributed by atoms with van der Waals surface area (Å²) in [4.78, 5) is 9.68. The van der Waals surface area contributed by atoms with Gasteiger partial charge < -0.3 is 20.3 Å². The first-order valence-corrected chi connectivity index (χ1v) is 10.7. The summed E-state index contributed by atoms with van der Waals surface area (Å²) in [7, 11) is 2.20. The molecule has 156 valence electrons. The van der Waals surface area contributed by atoms with Crippen molar-refractivity contribution in [1.29, 1.82) is 0 Å². The maximum Gasteiger partial charge on any atom is 0.191 e. The lowest BCUT2D eigenvalue weighted by Crippen LogP contribution is -2.45. The van der Waals surface area contributed by atoms with Gasteiger partial charge in [-0.25, -0.2) is 4.99 Å². The topological polar surface area (TPSA) is 52.1 Å². The van der Waals surface area contributed by atoms with E-state index in [-0.39, 0.29) is 5.60 Å². The van der Waals surface area contributed by atoms with E-state index >= 15 is 0 Å². The Morgan fingerprint density at radius 1 is 1.11 bits per heavy atom. The normalized spacial score (nSPS) is 24.5. The van der Waals surface area contributed by atoms with E-state index in [2.05, 4.69) is 65.6 Å². The smallest absolute Gasteiger partial charge is 0.191 e. The van der Waals surface area contributed by atoms with Crippen molar-refractivity contribution in [2.24, 2.45) is 4.99 Å². The largest absolute Gasteiger partial charge is 0.373 e. The van der Waals surface area contributed by atoms with Gasteiger partial charge >= 0.3 is 0 Å². The van der Waals surface area contributed by atoms with Gasteiger partial charge in [-0.3, -0.25) is 4.90 Å². The van der Waals surface area contributed by atoms with E-state index in [4.69, 9.17) is 9.73 Å². The second-order valence-electron chi connectivity index (χ2n) is 8.35. The van der Waals surface area contributed by atoms with Crippen LogP contribution in [0.3, 0.4) is 0 Å². The van der Waals surface area contributed by atoms with Crippen LogP contribution in [0.25, 0.3) is 0 Å². The van der Waals surface area contributed by atoms with E-state index in [0.717, 1.165) is 71.2 Å². The number of hydrogen-bond donors (Lipinski definition) is 2. The molecule has 0 saturated carbocycles. The summed E-state index contributed by atoms with van der Waals surface area (Å²) in [5.74, 6) is 0.862. The van der Waals surface area contributed by atoms with E-state index in [1.165, 1.54) is 11.1 Å². The highest BCUT2D eigenvalue weighted by Crippen LogP contribution is 2.23. The fraction of sp³-hybridized carbons (Fsp3) is 0.682. The summed E-state index contributed by atoms with van der Waals surface area (Å²) in [6.07, 6.45) is 2.25. The van der Waals surface area contributed by atoms with E-state index in [1.807, 2.05) is 0 Å². The molecule has 0 radical (unpaired) electrons. The zero-order chi connectivity index (χ0) is 19.8. The lowest BCUT2D eigenvalue weighted by Gasteiger charge is -2.32. The minimum absolute atomic E-state index is 0.0684. The summed E-state index contributed by atoms with van der Waals surface area (Å²) >= 11 is 0. The van der Waals surface area contributed by atoms with Crippen LogP contribution in [0, 0.1) is 0 Å². The standard InChI is InChI=1S/C22H37N5O/c1-4-23-21(25-18-22(2)10-5-15-28-22)24-16-19-6-8-20(9-7-19)17-27-13-11-26(3)12-14-27/h6-9H,4-5,10-18H2,1-3H3,(H2,23,24,25). The van der Waals surface area contributed by atoms with Gasteiger partial charge in [0, 0.05) is 52.4 Å². The highest BCUT2D eigenvalue weighted by molar-refractivity contribution is 5.79. The molecule has 2 saturated heterocycles. The fourth-order valence-electron chi connectivity index (χ4n) is 3.77. The van der Waals surface area contributed by atoms with Crippen LogP contribution in [0.5, 0.6) is 0 Å². The maximum absolute atomic E-state index is 5.86. The molecule has 1 atom stereocenters. The molecular weight excluding hydrogens is 350 g/mol. The summed E-state index contributed by atoms with van der Waals surface area (Å²) in [6, 6.07) is 8.91. The number of nitrogens with one attached hydrogen (secondary N) is 2. The average Bonchev–Trinajstić information content (AvgIpc) is 3.14. The molecule has 6 heteroatoms. The molecule has 0 aromatic heterocycles. The predicted octanol–water partition coefficient (Wildman–Crippen LogP) is 2.06. The highest BCUT2D eigenvalue weighted by atomic mass is 16.5. The quantitative estimate of drug-likeness (QED) is 0.554. The van der Waals surface area contributed by atoms with Crippen molar-refractivity contribution in [3.63, 3.8) is 0 Å². The maximum atomic E-state index is 5.86. The first kappa shape index (κ1) is 21.1. The van der Waals surface area contributed by atoms with Crippen LogP contribution in [-0.4, -0.2) is 74.3 Å². The Bertz CT molecular complexity index is 616. The Labute approximate surface area is 170 Å². The van der Waals surface area contributed by atoms with Crippen LogP contribution in [0.4, 0.5) is 0 Å². The van der Waals surface area contributed by atoms with Gasteiger partial charge in [0.25, 0.3) is 0 Å².